The lowest BCUT2D eigenvalue weighted by Crippen LogP contribution is -2.16. The van der Waals surface area contributed by atoms with Crippen LogP contribution in [0.4, 0.5) is 5.69 Å². The number of anilines is 1. The van der Waals surface area contributed by atoms with Crippen LogP contribution in [-0.2, 0) is 11.2 Å². The number of carbonyl (C=O) groups excluding carboxylic acids is 1. The van der Waals surface area contributed by atoms with E-state index in [4.69, 9.17) is 0 Å². The first-order chi connectivity index (χ1) is 14.7. The molecule has 0 spiro atoms. The fraction of sp³-hybridized carbons (Fsp3) is 0.0500. The molecule has 0 fully saturated rings. The SMILES string of the molecule is O=C(Cc1csc(-c2ccsc2)n1)Nc1ccccc1-n1ncc2c(=O)[nH]cnc21. The third-order valence-corrected chi connectivity index (χ3v) is 6.06. The number of nitrogens with zero attached hydrogens (tertiary/aromatic N) is 4. The zero-order valence-corrected chi connectivity index (χ0v) is 17.0. The standard InChI is InChI=1S/C20H14N6O2S2/c27-17(7-13-10-30-20(24-13)12-5-6-29-9-12)25-15-3-1-2-4-16(15)26-18-14(8-23-26)19(28)22-11-21-18/h1-6,8-11H,7H2,(H,25,27)(H,21,22,28). The predicted molar refractivity (Wildman–Crippen MR) is 117 cm³/mol. The molecular formula is C20H14N6O2S2. The molecule has 5 rings (SSSR count). The van der Waals surface area contributed by atoms with Crippen LogP contribution in [0, 0.1) is 0 Å². The maximum absolute atomic E-state index is 12.7. The van der Waals surface area contributed by atoms with Crippen molar-refractivity contribution in [2.24, 2.45) is 0 Å². The maximum atomic E-state index is 12.7. The summed E-state index contributed by atoms with van der Waals surface area (Å²) in [6, 6.07) is 9.26. The second-order valence-corrected chi connectivity index (χ2v) is 8.06. The molecule has 4 heterocycles. The monoisotopic (exact) mass is 434 g/mol. The number of carbonyl (C=O) groups is 1. The summed E-state index contributed by atoms with van der Waals surface area (Å²) in [5, 5.41) is 14.4. The molecule has 0 aliphatic heterocycles. The fourth-order valence-electron chi connectivity index (χ4n) is 3.06. The average molecular weight is 435 g/mol. The van der Waals surface area contributed by atoms with Crippen LogP contribution >= 0.6 is 22.7 Å². The number of benzene rings is 1. The Balaban J connectivity index is 1.40. The average Bonchev–Trinajstić information content (AvgIpc) is 3.49. The number of thiophene rings is 1. The molecule has 10 heteroatoms. The van der Waals surface area contributed by atoms with Crippen LogP contribution in [0.3, 0.4) is 0 Å². The van der Waals surface area contributed by atoms with Gasteiger partial charge in [-0.05, 0) is 23.6 Å². The summed E-state index contributed by atoms with van der Waals surface area (Å²) in [5.41, 5.74) is 3.13. The van der Waals surface area contributed by atoms with Crippen LogP contribution in [0.5, 0.6) is 0 Å². The van der Waals surface area contributed by atoms with E-state index in [0.717, 1.165) is 10.6 Å². The van der Waals surface area contributed by atoms with E-state index < -0.39 is 0 Å². The largest absolute Gasteiger partial charge is 0.324 e. The van der Waals surface area contributed by atoms with Crippen LogP contribution in [-0.4, -0.2) is 30.6 Å². The first kappa shape index (κ1) is 18.4. The quantitative estimate of drug-likeness (QED) is 0.441. The molecule has 0 saturated heterocycles. The van der Waals surface area contributed by atoms with E-state index in [-0.39, 0.29) is 17.9 Å². The van der Waals surface area contributed by atoms with E-state index in [9.17, 15) is 9.59 Å². The molecule has 0 atom stereocenters. The summed E-state index contributed by atoms with van der Waals surface area (Å²) >= 11 is 3.13. The molecule has 0 aliphatic rings. The van der Waals surface area contributed by atoms with Gasteiger partial charge in [0.2, 0.25) is 5.91 Å². The van der Waals surface area contributed by atoms with Gasteiger partial charge in [0.15, 0.2) is 5.65 Å². The minimum absolute atomic E-state index is 0.159. The summed E-state index contributed by atoms with van der Waals surface area (Å²) in [5.74, 6) is -0.188. The molecule has 1 amide bonds. The van der Waals surface area contributed by atoms with Crippen molar-refractivity contribution >= 4 is 45.3 Å². The number of nitrogens with one attached hydrogen (secondary N) is 2. The summed E-state index contributed by atoms with van der Waals surface area (Å²) in [6.45, 7) is 0. The van der Waals surface area contributed by atoms with Gasteiger partial charge in [-0.3, -0.25) is 9.59 Å². The molecule has 5 aromatic rings. The lowest BCUT2D eigenvalue weighted by atomic mass is 10.2. The lowest BCUT2D eigenvalue weighted by Gasteiger charge is -2.11. The van der Waals surface area contributed by atoms with E-state index in [0.29, 0.717) is 28.1 Å². The van der Waals surface area contributed by atoms with Gasteiger partial charge >= 0.3 is 0 Å². The molecule has 0 unspecified atom stereocenters. The van der Waals surface area contributed by atoms with Gasteiger partial charge in [-0.2, -0.15) is 16.4 Å². The van der Waals surface area contributed by atoms with Crippen LogP contribution in [0.1, 0.15) is 5.69 Å². The van der Waals surface area contributed by atoms with Crippen molar-refractivity contribution in [1.82, 2.24) is 24.7 Å². The third-order valence-electron chi connectivity index (χ3n) is 4.44. The zero-order chi connectivity index (χ0) is 20.5. The summed E-state index contributed by atoms with van der Waals surface area (Å²) in [4.78, 5) is 35.9. The first-order valence-corrected chi connectivity index (χ1v) is 10.8. The Morgan fingerprint density at radius 2 is 2.10 bits per heavy atom. The first-order valence-electron chi connectivity index (χ1n) is 8.97. The Morgan fingerprint density at radius 1 is 1.20 bits per heavy atom. The van der Waals surface area contributed by atoms with Gasteiger partial charge in [0.1, 0.15) is 10.4 Å². The zero-order valence-electron chi connectivity index (χ0n) is 15.4. The summed E-state index contributed by atoms with van der Waals surface area (Å²) < 4.78 is 1.54. The topological polar surface area (TPSA) is 106 Å². The molecule has 0 saturated carbocycles. The van der Waals surface area contributed by atoms with Gasteiger partial charge in [-0.15, -0.1) is 11.3 Å². The number of aromatic amines is 1. The number of fused-ring (bicyclic) bond motifs is 1. The van der Waals surface area contributed by atoms with Crippen LogP contribution in [0.15, 0.2) is 63.8 Å². The molecule has 0 aliphatic carbocycles. The smallest absolute Gasteiger partial charge is 0.261 e. The second kappa shape index (κ2) is 7.65. The predicted octanol–water partition coefficient (Wildman–Crippen LogP) is 3.48. The minimum atomic E-state index is -0.266. The van der Waals surface area contributed by atoms with Crippen molar-refractivity contribution in [3.63, 3.8) is 0 Å². The number of amides is 1. The molecule has 0 bridgehead atoms. The number of rotatable bonds is 5. The molecule has 4 aromatic heterocycles. The molecule has 30 heavy (non-hydrogen) atoms. The highest BCUT2D eigenvalue weighted by Crippen LogP contribution is 2.26. The van der Waals surface area contributed by atoms with Crippen molar-refractivity contribution in [2.45, 2.75) is 6.42 Å². The van der Waals surface area contributed by atoms with Crippen LogP contribution in [0.2, 0.25) is 0 Å². The molecule has 2 N–H and O–H groups in total. The molecule has 148 valence electrons. The molecule has 0 radical (unpaired) electrons. The van der Waals surface area contributed by atoms with Crippen molar-refractivity contribution in [3.8, 4) is 16.3 Å². The highest BCUT2D eigenvalue weighted by molar-refractivity contribution is 7.14. The maximum Gasteiger partial charge on any atom is 0.261 e. The van der Waals surface area contributed by atoms with Crippen molar-refractivity contribution in [3.05, 3.63) is 75.0 Å². The van der Waals surface area contributed by atoms with E-state index >= 15 is 0 Å². The van der Waals surface area contributed by atoms with Crippen molar-refractivity contribution < 1.29 is 4.79 Å². The fourth-order valence-corrected chi connectivity index (χ4v) is 4.59. The van der Waals surface area contributed by atoms with Gasteiger partial charge < -0.3 is 10.3 Å². The summed E-state index contributed by atoms with van der Waals surface area (Å²) in [7, 11) is 0. The number of thiazole rings is 1. The Morgan fingerprint density at radius 3 is 2.97 bits per heavy atom. The minimum Gasteiger partial charge on any atom is -0.324 e. The number of para-hydroxylation sites is 2. The van der Waals surface area contributed by atoms with E-state index in [1.54, 1.807) is 17.4 Å². The van der Waals surface area contributed by atoms with Crippen molar-refractivity contribution in [2.75, 3.05) is 5.32 Å². The van der Waals surface area contributed by atoms with E-state index in [1.807, 2.05) is 40.4 Å². The molecule has 1 aromatic carbocycles. The highest BCUT2D eigenvalue weighted by Gasteiger charge is 2.15. The van der Waals surface area contributed by atoms with E-state index in [2.05, 4.69) is 25.4 Å². The van der Waals surface area contributed by atoms with Gasteiger partial charge in [0.05, 0.1) is 36.0 Å². The highest BCUT2D eigenvalue weighted by atomic mass is 32.1. The Bertz CT molecular complexity index is 1400. The van der Waals surface area contributed by atoms with E-state index in [1.165, 1.54) is 28.5 Å². The number of aromatic nitrogens is 5. The number of hydrogen-bond donors (Lipinski definition) is 2. The second-order valence-electron chi connectivity index (χ2n) is 6.42. The Hall–Kier alpha value is -3.63. The van der Waals surface area contributed by atoms with Gasteiger partial charge in [-0.1, -0.05) is 12.1 Å². The molecule has 8 nitrogen and oxygen atoms in total. The van der Waals surface area contributed by atoms with Gasteiger partial charge in [0.25, 0.3) is 5.56 Å². The van der Waals surface area contributed by atoms with Gasteiger partial charge in [-0.25, -0.2) is 14.6 Å². The number of hydrogen-bond acceptors (Lipinski definition) is 7. The third kappa shape index (κ3) is 3.42. The lowest BCUT2D eigenvalue weighted by molar-refractivity contribution is -0.115. The van der Waals surface area contributed by atoms with Crippen LogP contribution in [0.25, 0.3) is 27.3 Å². The Labute approximate surface area is 177 Å². The normalized spacial score (nSPS) is 11.1. The Kier molecular flexibility index (Phi) is 4.69. The molecular weight excluding hydrogens is 420 g/mol. The number of H-pyrrole nitrogens is 1. The van der Waals surface area contributed by atoms with Crippen molar-refractivity contribution in [1.29, 1.82) is 0 Å². The van der Waals surface area contributed by atoms with Crippen LogP contribution < -0.4 is 10.9 Å². The summed E-state index contributed by atoms with van der Waals surface area (Å²) in [6.07, 6.45) is 2.95. The van der Waals surface area contributed by atoms with Gasteiger partial charge in [0, 0.05) is 16.3 Å².